The van der Waals surface area contributed by atoms with E-state index in [1.54, 1.807) is 0 Å². The van der Waals surface area contributed by atoms with Crippen LogP contribution in [0, 0.1) is 6.92 Å². The van der Waals surface area contributed by atoms with Crippen molar-refractivity contribution in [1.82, 2.24) is 4.98 Å². The summed E-state index contributed by atoms with van der Waals surface area (Å²) in [6, 6.07) is 4.40. The molecule has 1 aliphatic rings. The third-order valence-electron chi connectivity index (χ3n) is 3.25. The molecule has 1 heterocycles. The minimum Gasteiger partial charge on any atom is -0.378 e. The Bertz CT molecular complexity index is 338. The molecule has 0 N–H and O–H groups in total. The predicted molar refractivity (Wildman–Crippen MR) is 64.5 cm³/mol. The number of rotatable bonds is 2. The summed E-state index contributed by atoms with van der Waals surface area (Å²) in [5.41, 5.74) is 3.73. The maximum absolute atomic E-state index is 4.67. The molecule has 0 atom stereocenters. The summed E-state index contributed by atoms with van der Waals surface area (Å²) in [5, 5.41) is 0. The summed E-state index contributed by atoms with van der Waals surface area (Å²) >= 11 is 0. The van der Waals surface area contributed by atoms with Gasteiger partial charge in [-0.15, -0.1) is 0 Å². The van der Waals surface area contributed by atoms with Gasteiger partial charge in [-0.1, -0.05) is 12.8 Å². The zero-order valence-electron chi connectivity index (χ0n) is 9.95. The lowest BCUT2D eigenvalue weighted by molar-refractivity contribution is 0.694. The van der Waals surface area contributed by atoms with Crippen molar-refractivity contribution in [2.45, 2.75) is 38.5 Å². The molecule has 0 amide bonds. The van der Waals surface area contributed by atoms with E-state index in [1.807, 2.05) is 0 Å². The molecule has 0 aromatic carbocycles. The second-order valence-corrected chi connectivity index (χ2v) is 4.77. The van der Waals surface area contributed by atoms with Gasteiger partial charge in [0.15, 0.2) is 0 Å². The fraction of sp³-hybridized carbons (Fsp3) is 0.615. The molecule has 1 aromatic heterocycles. The van der Waals surface area contributed by atoms with E-state index in [2.05, 4.69) is 43.0 Å². The van der Waals surface area contributed by atoms with Crippen LogP contribution >= 0.6 is 0 Å². The molecule has 1 aromatic rings. The molecule has 1 saturated carbocycles. The van der Waals surface area contributed by atoms with Crippen LogP contribution in [0.1, 0.15) is 43.0 Å². The van der Waals surface area contributed by atoms with Gasteiger partial charge in [-0.2, -0.15) is 0 Å². The monoisotopic (exact) mass is 204 g/mol. The van der Waals surface area contributed by atoms with Crippen molar-refractivity contribution in [2.75, 3.05) is 19.0 Å². The average Bonchev–Trinajstić information content (AvgIpc) is 2.69. The zero-order chi connectivity index (χ0) is 10.8. The molecule has 2 heteroatoms. The number of anilines is 1. The van der Waals surface area contributed by atoms with Crippen molar-refractivity contribution in [1.29, 1.82) is 0 Å². The second-order valence-electron chi connectivity index (χ2n) is 4.77. The lowest BCUT2D eigenvalue weighted by Gasteiger charge is -2.16. The van der Waals surface area contributed by atoms with E-state index in [-0.39, 0.29) is 0 Å². The van der Waals surface area contributed by atoms with Crippen molar-refractivity contribution in [3.63, 3.8) is 0 Å². The van der Waals surface area contributed by atoms with Crippen LogP contribution in [0.15, 0.2) is 12.1 Å². The summed E-state index contributed by atoms with van der Waals surface area (Å²) in [6.45, 7) is 2.09. The van der Waals surface area contributed by atoms with Crippen molar-refractivity contribution in [3.8, 4) is 0 Å². The molecule has 2 nitrogen and oxygen atoms in total. The van der Waals surface area contributed by atoms with E-state index < -0.39 is 0 Å². The Labute approximate surface area is 92.3 Å². The number of hydrogen-bond acceptors (Lipinski definition) is 2. The molecular formula is C13H20N2. The topological polar surface area (TPSA) is 16.1 Å². The SMILES string of the molecule is Cc1cc(N(C)C)cc(C2CCCC2)n1. The number of aromatic nitrogens is 1. The first-order chi connectivity index (χ1) is 7.16. The van der Waals surface area contributed by atoms with Gasteiger partial charge >= 0.3 is 0 Å². The lowest BCUT2D eigenvalue weighted by atomic mass is 10.0. The maximum atomic E-state index is 4.67. The summed E-state index contributed by atoms with van der Waals surface area (Å²) < 4.78 is 0. The maximum Gasteiger partial charge on any atom is 0.0458 e. The molecule has 1 fully saturated rings. The van der Waals surface area contributed by atoms with Crippen LogP contribution in [-0.2, 0) is 0 Å². The van der Waals surface area contributed by atoms with E-state index >= 15 is 0 Å². The van der Waals surface area contributed by atoms with Crippen molar-refractivity contribution in [3.05, 3.63) is 23.5 Å². The zero-order valence-corrected chi connectivity index (χ0v) is 9.95. The van der Waals surface area contributed by atoms with Gasteiger partial charge in [0.2, 0.25) is 0 Å². The molecule has 1 aliphatic carbocycles. The number of pyridine rings is 1. The lowest BCUT2D eigenvalue weighted by Crippen LogP contribution is -2.10. The molecule has 2 rings (SSSR count). The van der Waals surface area contributed by atoms with E-state index in [0.717, 1.165) is 5.69 Å². The standard InChI is InChI=1S/C13H20N2/c1-10-8-12(15(2)3)9-13(14-10)11-6-4-5-7-11/h8-9,11H,4-7H2,1-3H3. The van der Waals surface area contributed by atoms with Crippen LogP contribution in [-0.4, -0.2) is 19.1 Å². The summed E-state index contributed by atoms with van der Waals surface area (Å²) in [4.78, 5) is 6.83. The Hall–Kier alpha value is -1.05. The van der Waals surface area contributed by atoms with Gasteiger partial charge in [-0.25, -0.2) is 0 Å². The highest BCUT2D eigenvalue weighted by molar-refractivity contribution is 5.47. The van der Waals surface area contributed by atoms with Crippen molar-refractivity contribution >= 4 is 5.69 Å². The molecule has 0 bridgehead atoms. The first-order valence-corrected chi connectivity index (χ1v) is 5.83. The minimum atomic E-state index is 0.712. The molecule has 0 aliphatic heterocycles. The van der Waals surface area contributed by atoms with Crippen LogP contribution in [0.5, 0.6) is 0 Å². The Balaban J connectivity index is 2.30. The normalized spacial score (nSPS) is 17.0. The van der Waals surface area contributed by atoms with E-state index in [9.17, 15) is 0 Å². The third-order valence-corrected chi connectivity index (χ3v) is 3.25. The quantitative estimate of drug-likeness (QED) is 0.736. The van der Waals surface area contributed by atoms with Crippen LogP contribution in [0.2, 0.25) is 0 Å². The van der Waals surface area contributed by atoms with Gasteiger partial charge < -0.3 is 4.90 Å². The smallest absolute Gasteiger partial charge is 0.0458 e. The van der Waals surface area contributed by atoms with Gasteiger partial charge in [0.1, 0.15) is 0 Å². The first-order valence-electron chi connectivity index (χ1n) is 5.83. The molecule has 0 spiro atoms. The fourth-order valence-corrected chi connectivity index (χ4v) is 2.36. The molecular weight excluding hydrogens is 184 g/mol. The Morgan fingerprint density at radius 1 is 1.20 bits per heavy atom. The number of aryl methyl sites for hydroxylation is 1. The summed E-state index contributed by atoms with van der Waals surface area (Å²) in [7, 11) is 4.18. The van der Waals surface area contributed by atoms with Gasteiger partial charge in [0.25, 0.3) is 0 Å². The highest BCUT2D eigenvalue weighted by Crippen LogP contribution is 2.34. The highest BCUT2D eigenvalue weighted by Gasteiger charge is 2.19. The second kappa shape index (κ2) is 4.21. The van der Waals surface area contributed by atoms with Gasteiger partial charge in [0, 0.05) is 37.1 Å². The number of nitrogens with zero attached hydrogens (tertiary/aromatic N) is 2. The summed E-state index contributed by atoms with van der Waals surface area (Å²) in [6.07, 6.45) is 5.39. The van der Waals surface area contributed by atoms with Crippen LogP contribution in [0.4, 0.5) is 5.69 Å². The molecule has 82 valence electrons. The Morgan fingerprint density at radius 2 is 1.87 bits per heavy atom. The fourth-order valence-electron chi connectivity index (χ4n) is 2.36. The predicted octanol–water partition coefficient (Wildman–Crippen LogP) is 3.11. The van der Waals surface area contributed by atoms with Gasteiger partial charge in [-0.3, -0.25) is 4.98 Å². The van der Waals surface area contributed by atoms with Crippen molar-refractivity contribution in [2.24, 2.45) is 0 Å². The number of hydrogen-bond donors (Lipinski definition) is 0. The Kier molecular flexibility index (Phi) is 2.94. The van der Waals surface area contributed by atoms with E-state index in [1.165, 1.54) is 37.1 Å². The molecule has 15 heavy (non-hydrogen) atoms. The largest absolute Gasteiger partial charge is 0.378 e. The van der Waals surface area contributed by atoms with Crippen molar-refractivity contribution < 1.29 is 0 Å². The summed E-state index contributed by atoms with van der Waals surface area (Å²) in [5.74, 6) is 0.712. The highest BCUT2D eigenvalue weighted by atomic mass is 15.1. The van der Waals surface area contributed by atoms with Crippen LogP contribution in [0.25, 0.3) is 0 Å². The average molecular weight is 204 g/mol. The minimum absolute atomic E-state index is 0.712. The van der Waals surface area contributed by atoms with Crippen LogP contribution in [0.3, 0.4) is 0 Å². The van der Waals surface area contributed by atoms with Crippen LogP contribution < -0.4 is 4.90 Å². The third kappa shape index (κ3) is 2.31. The van der Waals surface area contributed by atoms with E-state index in [0.29, 0.717) is 5.92 Å². The molecule has 0 unspecified atom stereocenters. The van der Waals surface area contributed by atoms with Gasteiger partial charge in [-0.05, 0) is 31.9 Å². The molecule has 0 radical (unpaired) electrons. The van der Waals surface area contributed by atoms with E-state index in [4.69, 9.17) is 0 Å². The van der Waals surface area contributed by atoms with Gasteiger partial charge in [0.05, 0.1) is 0 Å². The molecule has 0 saturated heterocycles. The first kappa shape index (κ1) is 10.5. The Morgan fingerprint density at radius 3 is 2.47 bits per heavy atom.